The molecule has 2 aromatic carbocycles. The number of nitrogens with zero attached hydrogens (tertiary/aromatic N) is 2. The summed E-state index contributed by atoms with van der Waals surface area (Å²) in [6.45, 7) is 5.43. The van der Waals surface area contributed by atoms with Crippen LogP contribution >= 0.6 is 11.8 Å². The van der Waals surface area contributed by atoms with Crippen LogP contribution in [-0.4, -0.2) is 34.2 Å². The maximum absolute atomic E-state index is 12.7. The van der Waals surface area contributed by atoms with E-state index in [0.29, 0.717) is 33.7 Å². The molecule has 0 saturated heterocycles. The van der Waals surface area contributed by atoms with Crippen molar-refractivity contribution in [2.24, 2.45) is 5.92 Å². The number of nitrogens with one attached hydrogen (secondary N) is 1. The number of hydrogen-bond acceptors (Lipinski definition) is 7. The number of aromatic nitrogens is 2. The highest BCUT2D eigenvalue weighted by atomic mass is 32.2. The number of ketones is 1. The second-order valence-electron chi connectivity index (χ2n) is 6.92. The van der Waals surface area contributed by atoms with Crippen LogP contribution in [0, 0.1) is 5.92 Å². The summed E-state index contributed by atoms with van der Waals surface area (Å²) in [5, 5.41) is 10.8. The second-order valence-corrected chi connectivity index (χ2v) is 8.21. The molecule has 3 aromatic rings. The highest BCUT2D eigenvalue weighted by Crippen LogP contribution is 2.32. The smallest absolute Gasteiger partial charge is 0.277 e. The van der Waals surface area contributed by atoms with Crippen molar-refractivity contribution in [3.8, 4) is 17.2 Å². The molecule has 0 aliphatic rings. The first kappa shape index (κ1) is 21.6. The monoisotopic (exact) mass is 425 g/mol. The Labute approximate surface area is 179 Å². The molecule has 1 heterocycles. The minimum Gasteiger partial charge on any atom is -0.496 e. The highest BCUT2D eigenvalue weighted by molar-refractivity contribution is 8.00. The summed E-state index contributed by atoms with van der Waals surface area (Å²) in [5.41, 5.74) is 1.89. The lowest BCUT2D eigenvalue weighted by Gasteiger charge is -2.10. The lowest BCUT2D eigenvalue weighted by atomic mass is 10.1. The molecule has 3 rings (SSSR count). The summed E-state index contributed by atoms with van der Waals surface area (Å²) in [6.07, 6.45) is 0. The van der Waals surface area contributed by atoms with Gasteiger partial charge in [0.15, 0.2) is 5.78 Å². The van der Waals surface area contributed by atoms with Crippen molar-refractivity contribution in [1.29, 1.82) is 0 Å². The molecule has 1 amide bonds. The molecule has 8 heteroatoms. The second kappa shape index (κ2) is 9.58. The van der Waals surface area contributed by atoms with E-state index >= 15 is 0 Å². The van der Waals surface area contributed by atoms with Gasteiger partial charge in [0.25, 0.3) is 11.1 Å². The van der Waals surface area contributed by atoms with E-state index in [-0.39, 0.29) is 17.6 Å². The molecule has 0 spiro atoms. The van der Waals surface area contributed by atoms with Crippen LogP contribution in [-0.2, 0) is 4.79 Å². The van der Waals surface area contributed by atoms with Crippen molar-refractivity contribution >= 4 is 29.1 Å². The Bertz CT molecular complexity index is 1030. The third kappa shape index (κ3) is 5.07. The zero-order valence-corrected chi connectivity index (χ0v) is 18.0. The third-order valence-electron chi connectivity index (χ3n) is 4.35. The van der Waals surface area contributed by atoms with E-state index in [4.69, 9.17) is 9.15 Å². The topological polar surface area (TPSA) is 94.3 Å². The zero-order chi connectivity index (χ0) is 21.7. The molecule has 0 aliphatic carbocycles. The van der Waals surface area contributed by atoms with Crippen LogP contribution in [0.4, 0.5) is 5.69 Å². The fourth-order valence-corrected chi connectivity index (χ4v) is 3.39. The van der Waals surface area contributed by atoms with E-state index in [1.807, 2.05) is 38.1 Å². The van der Waals surface area contributed by atoms with E-state index in [1.165, 1.54) is 11.8 Å². The molecular formula is C22H23N3O4S. The summed E-state index contributed by atoms with van der Waals surface area (Å²) < 4.78 is 11.0. The molecule has 0 aliphatic heterocycles. The van der Waals surface area contributed by atoms with Gasteiger partial charge in [0.2, 0.25) is 5.91 Å². The molecule has 0 bridgehead atoms. The van der Waals surface area contributed by atoms with Crippen LogP contribution < -0.4 is 10.1 Å². The normalized spacial score (nSPS) is 11.9. The average molecular weight is 426 g/mol. The molecular weight excluding hydrogens is 402 g/mol. The Kier molecular flexibility index (Phi) is 6.89. The van der Waals surface area contributed by atoms with Crippen molar-refractivity contribution in [3.05, 3.63) is 54.1 Å². The van der Waals surface area contributed by atoms with E-state index < -0.39 is 5.25 Å². The van der Waals surface area contributed by atoms with Gasteiger partial charge < -0.3 is 14.5 Å². The molecule has 0 saturated carbocycles. The van der Waals surface area contributed by atoms with Crippen molar-refractivity contribution in [2.45, 2.75) is 31.2 Å². The van der Waals surface area contributed by atoms with Crippen molar-refractivity contribution < 1.29 is 18.7 Å². The molecule has 1 aromatic heterocycles. The lowest BCUT2D eigenvalue weighted by molar-refractivity contribution is -0.118. The largest absolute Gasteiger partial charge is 0.496 e. The Balaban J connectivity index is 1.66. The number of benzene rings is 2. The summed E-state index contributed by atoms with van der Waals surface area (Å²) in [4.78, 5) is 24.5. The molecule has 156 valence electrons. The first-order valence-electron chi connectivity index (χ1n) is 9.47. The van der Waals surface area contributed by atoms with Crippen LogP contribution in [0.1, 0.15) is 31.1 Å². The number of anilines is 1. The molecule has 0 radical (unpaired) electrons. The molecule has 30 heavy (non-hydrogen) atoms. The average Bonchev–Trinajstić information content (AvgIpc) is 3.21. The van der Waals surface area contributed by atoms with Gasteiger partial charge in [-0.15, -0.1) is 10.2 Å². The molecule has 7 nitrogen and oxygen atoms in total. The summed E-state index contributed by atoms with van der Waals surface area (Å²) in [7, 11) is 1.57. The van der Waals surface area contributed by atoms with Gasteiger partial charge in [-0.2, -0.15) is 0 Å². The Morgan fingerprint density at radius 1 is 1.03 bits per heavy atom. The molecule has 0 fully saturated rings. The summed E-state index contributed by atoms with van der Waals surface area (Å²) in [6, 6.07) is 14.2. The van der Waals surface area contributed by atoms with E-state index in [2.05, 4.69) is 15.5 Å². The van der Waals surface area contributed by atoms with Crippen molar-refractivity contribution in [1.82, 2.24) is 10.2 Å². The summed E-state index contributed by atoms with van der Waals surface area (Å²) in [5.74, 6) is 0.711. The number of para-hydroxylation sites is 1. The lowest BCUT2D eigenvalue weighted by Crippen LogP contribution is -2.18. The number of ether oxygens (including phenoxy) is 1. The Morgan fingerprint density at radius 2 is 1.73 bits per heavy atom. The molecule has 1 N–H and O–H groups in total. The number of carbonyl (C=O) groups is 2. The molecule has 1 atom stereocenters. The van der Waals surface area contributed by atoms with Gasteiger partial charge in [0, 0.05) is 17.2 Å². The van der Waals surface area contributed by atoms with Crippen LogP contribution in [0.5, 0.6) is 5.75 Å². The number of carbonyl (C=O) groups excluding carboxylic acids is 2. The van der Waals surface area contributed by atoms with Gasteiger partial charge in [0.1, 0.15) is 5.75 Å². The number of methoxy groups -OCH3 is 1. The van der Waals surface area contributed by atoms with Crippen LogP contribution in [0.3, 0.4) is 0 Å². The quantitative estimate of drug-likeness (QED) is 0.413. The van der Waals surface area contributed by atoms with Crippen molar-refractivity contribution in [3.63, 3.8) is 0 Å². The molecule has 1 unspecified atom stereocenters. The van der Waals surface area contributed by atoms with Crippen LogP contribution in [0.15, 0.2) is 58.2 Å². The Hall–Kier alpha value is -3.13. The van der Waals surface area contributed by atoms with Gasteiger partial charge in [-0.25, -0.2) is 0 Å². The van der Waals surface area contributed by atoms with Gasteiger partial charge in [0.05, 0.1) is 17.9 Å². The number of hydrogen-bond donors (Lipinski definition) is 1. The zero-order valence-electron chi connectivity index (χ0n) is 17.2. The number of thioether (sulfide) groups is 1. The van der Waals surface area contributed by atoms with E-state index in [9.17, 15) is 9.59 Å². The SMILES string of the molecule is COc1ccccc1-c1nnc(SC(C)C(=O)c2ccc(NC(=O)C(C)C)cc2)o1. The minimum absolute atomic E-state index is 0.0692. The predicted molar refractivity (Wildman–Crippen MR) is 116 cm³/mol. The van der Waals surface area contributed by atoms with Gasteiger partial charge >= 0.3 is 0 Å². The number of Topliss-reactive ketones (excluding diaryl/α,β-unsaturated/α-hetero) is 1. The van der Waals surface area contributed by atoms with E-state index in [1.54, 1.807) is 38.3 Å². The number of rotatable bonds is 8. The predicted octanol–water partition coefficient (Wildman–Crippen LogP) is 4.70. The number of amides is 1. The van der Waals surface area contributed by atoms with Gasteiger partial charge in [-0.1, -0.05) is 37.7 Å². The van der Waals surface area contributed by atoms with Gasteiger partial charge in [-0.3, -0.25) is 9.59 Å². The first-order valence-corrected chi connectivity index (χ1v) is 10.4. The maximum Gasteiger partial charge on any atom is 0.277 e. The third-order valence-corrected chi connectivity index (χ3v) is 5.29. The Morgan fingerprint density at radius 3 is 2.40 bits per heavy atom. The summed E-state index contributed by atoms with van der Waals surface area (Å²) >= 11 is 1.19. The fraction of sp³-hybridized carbons (Fsp3) is 0.273. The van der Waals surface area contributed by atoms with E-state index in [0.717, 1.165) is 0 Å². The maximum atomic E-state index is 12.7. The highest BCUT2D eigenvalue weighted by Gasteiger charge is 2.21. The fourth-order valence-electron chi connectivity index (χ4n) is 2.63. The van der Waals surface area contributed by atoms with Crippen LogP contribution in [0.25, 0.3) is 11.5 Å². The van der Waals surface area contributed by atoms with Gasteiger partial charge in [-0.05, 0) is 43.3 Å². The first-order chi connectivity index (χ1) is 14.4. The van der Waals surface area contributed by atoms with Crippen molar-refractivity contribution in [2.75, 3.05) is 12.4 Å². The minimum atomic E-state index is -0.424. The van der Waals surface area contributed by atoms with Crippen LogP contribution in [0.2, 0.25) is 0 Å². The standard InChI is InChI=1S/C22H23N3O4S/c1-13(2)20(27)23-16-11-9-15(10-12-16)19(26)14(3)30-22-25-24-21(29-22)17-7-5-6-8-18(17)28-4/h5-14H,1-4H3,(H,23,27).